The highest BCUT2D eigenvalue weighted by Gasteiger charge is 2.28. The van der Waals surface area contributed by atoms with E-state index >= 15 is 0 Å². The fraction of sp³-hybridized carbons (Fsp3) is 0. The van der Waals surface area contributed by atoms with Crippen LogP contribution < -0.4 is 10.6 Å². The third kappa shape index (κ3) is 7.91. The Hall–Kier alpha value is -3.04. The van der Waals surface area contributed by atoms with Crippen LogP contribution in [0, 0.1) is 0 Å². The highest BCUT2D eigenvalue weighted by atomic mass is 35.5. The van der Waals surface area contributed by atoms with Crippen molar-refractivity contribution >= 4 is 105 Å². The molecule has 18 nitrogen and oxygen atoms in total. The van der Waals surface area contributed by atoms with E-state index < -0.39 is 80.4 Å². The van der Waals surface area contributed by atoms with Crippen molar-refractivity contribution in [3.63, 3.8) is 0 Å². The van der Waals surface area contributed by atoms with Crippen molar-refractivity contribution in [2.24, 2.45) is 20.5 Å². The summed E-state index contributed by atoms with van der Waals surface area (Å²) in [6, 6.07) is 8.06. The van der Waals surface area contributed by atoms with E-state index in [9.17, 15) is 51.9 Å². The number of hydrogen-bond donors (Lipinski definition) is 8. The topological polar surface area (TPSA) is 298 Å². The number of halogens is 2. The van der Waals surface area contributed by atoms with E-state index in [-0.39, 0.29) is 32.4 Å². The van der Waals surface area contributed by atoms with Gasteiger partial charge in [0.05, 0.1) is 32.9 Å². The van der Waals surface area contributed by atoms with Crippen molar-refractivity contribution in [2.45, 2.75) is 9.79 Å². The molecule has 0 aromatic heterocycles. The molecule has 8 N–H and O–H groups in total. The van der Waals surface area contributed by atoms with Crippen LogP contribution in [0.25, 0.3) is 10.8 Å². The standard InChI is InChI=1S/C22H16Cl2N4O14P2S2/c23-10-1-3-12(14(7-10)43(32,33)34)25-27-19-16(45-42-41-31)5-9-6-17(46(38,39)40)20(22(30)18(9)21(19)29)28-26-13-4-2-11(24)8-15(13)44(35,36)37/h1-8,29-31H,(H2,32,33,34)(H2,35,36,37)(H,38,39,40). The average molecular weight is 757 g/mol. The maximum absolute atomic E-state index is 12.3. The summed E-state index contributed by atoms with van der Waals surface area (Å²) < 4.78 is 62.7. The molecule has 0 aliphatic carbocycles. The van der Waals surface area contributed by atoms with Gasteiger partial charge in [0.1, 0.15) is 27.6 Å². The summed E-state index contributed by atoms with van der Waals surface area (Å²) in [5.41, 5.74) is -2.51. The Balaban J connectivity index is 2.01. The van der Waals surface area contributed by atoms with E-state index in [1.54, 1.807) is 0 Å². The average Bonchev–Trinajstić information content (AvgIpc) is 2.94. The number of hydrogen-bond acceptors (Lipinski definition) is 14. The van der Waals surface area contributed by atoms with Crippen LogP contribution in [-0.2, 0) is 28.6 Å². The molecule has 4 aromatic carbocycles. The van der Waals surface area contributed by atoms with Crippen LogP contribution in [0.4, 0.5) is 22.7 Å². The zero-order valence-electron chi connectivity index (χ0n) is 21.9. The highest BCUT2D eigenvalue weighted by molar-refractivity contribution is 7.94. The van der Waals surface area contributed by atoms with Crippen LogP contribution in [0.5, 0.6) is 11.5 Å². The van der Waals surface area contributed by atoms with Gasteiger partial charge in [-0.05, 0) is 53.9 Å². The zero-order chi connectivity index (χ0) is 34.2. The van der Waals surface area contributed by atoms with Gasteiger partial charge < -0.3 is 29.8 Å². The summed E-state index contributed by atoms with van der Waals surface area (Å²) in [6.45, 7) is 0. The van der Waals surface area contributed by atoms with Crippen molar-refractivity contribution in [1.29, 1.82) is 0 Å². The maximum atomic E-state index is 12.3. The molecule has 0 aliphatic rings. The Morgan fingerprint density at radius 2 is 1.22 bits per heavy atom. The van der Waals surface area contributed by atoms with Gasteiger partial charge in [-0.1, -0.05) is 28.2 Å². The van der Waals surface area contributed by atoms with Gasteiger partial charge in [0.15, 0.2) is 11.5 Å². The van der Waals surface area contributed by atoms with Gasteiger partial charge in [-0.15, -0.1) is 24.8 Å². The molecule has 0 radical (unpaired) electrons. The normalized spacial score (nSPS) is 13.0. The van der Waals surface area contributed by atoms with Crippen LogP contribution in [-0.4, -0.2) is 48.0 Å². The van der Waals surface area contributed by atoms with Gasteiger partial charge in [-0.3, -0.25) is 13.7 Å². The van der Waals surface area contributed by atoms with E-state index in [0.717, 1.165) is 36.4 Å². The SMILES string of the molecule is O=P(O)(O)c1cc(Cl)ccc1N=Nc1c(SOOO)cc2cc(S(=O)(=O)O)c(N=Nc3ccc(Cl)cc3P(=O)(O)O)c(O)c2c1O. The first-order chi connectivity index (χ1) is 21.3. The van der Waals surface area contributed by atoms with Crippen molar-refractivity contribution in [3.05, 3.63) is 58.6 Å². The van der Waals surface area contributed by atoms with Gasteiger partial charge in [0.25, 0.3) is 10.1 Å². The Morgan fingerprint density at radius 3 is 1.67 bits per heavy atom. The Bertz CT molecular complexity index is 2140. The van der Waals surface area contributed by atoms with E-state index in [4.69, 9.17) is 28.5 Å². The smallest absolute Gasteiger partial charge is 0.358 e. The predicted octanol–water partition coefficient (Wildman–Crippen LogP) is 5.67. The lowest BCUT2D eigenvalue weighted by molar-refractivity contribution is -0.432. The third-order valence-electron chi connectivity index (χ3n) is 5.70. The molecule has 0 spiro atoms. The summed E-state index contributed by atoms with van der Waals surface area (Å²) in [6.07, 6.45) is 0. The molecular weight excluding hydrogens is 741 g/mol. The van der Waals surface area contributed by atoms with Gasteiger partial charge in [-0.25, -0.2) is 5.26 Å². The molecule has 0 atom stereocenters. The molecule has 0 amide bonds. The number of nitrogens with zero attached hydrogens (tertiary/aromatic N) is 4. The molecule has 4 aromatic rings. The zero-order valence-corrected chi connectivity index (χ0v) is 26.8. The molecule has 46 heavy (non-hydrogen) atoms. The van der Waals surface area contributed by atoms with Crippen molar-refractivity contribution < 1.29 is 66.5 Å². The lowest BCUT2D eigenvalue weighted by Crippen LogP contribution is -2.04. The first-order valence-electron chi connectivity index (χ1n) is 11.6. The Morgan fingerprint density at radius 1 is 0.739 bits per heavy atom. The Kier molecular flexibility index (Phi) is 10.6. The fourth-order valence-corrected chi connectivity index (χ4v) is 6.90. The van der Waals surface area contributed by atoms with Crippen LogP contribution in [0.15, 0.2) is 78.8 Å². The second kappa shape index (κ2) is 13.6. The minimum Gasteiger partial charge on any atom is -0.505 e. The quantitative estimate of drug-likeness (QED) is 0.0241. The summed E-state index contributed by atoms with van der Waals surface area (Å²) in [4.78, 5) is 37.3. The van der Waals surface area contributed by atoms with Gasteiger partial charge >= 0.3 is 15.2 Å². The van der Waals surface area contributed by atoms with Crippen LogP contribution in [0.3, 0.4) is 0 Å². The number of phenols is 2. The predicted molar refractivity (Wildman–Crippen MR) is 162 cm³/mol. The number of phenolic OH excluding ortho intramolecular Hbond substituents is 2. The summed E-state index contributed by atoms with van der Waals surface area (Å²) in [7, 11) is -15.2. The maximum Gasteiger partial charge on any atom is 0.358 e. The second-order valence-corrected chi connectivity index (χ2v) is 14.8. The van der Waals surface area contributed by atoms with Crippen LogP contribution in [0.2, 0.25) is 10.0 Å². The van der Waals surface area contributed by atoms with E-state index in [1.807, 2.05) is 0 Å². The number of azo groups is 2. The number of benzene rings is 4. The molecule has 4 rings (SSSR count). The van der Waals surface area contributed by atoms with Crippen LogP contribution >= 0.6 is 50.4 Å². The molecular formula is C22H16Cl2N4O14P2S2. The first-order valence-corrected chi connectivity index (χ1v) is 17.7. The van der Waals surface area contributed by atoms with Crippen LogP contribution in [0.1, 0.15) is 0 Å². The minimum absolute atomic E-state index is 0.0525. The number of aromatic hydroxyl groups is 2. The molecule has 0 fully saturated rings. The molecule has 24 heteroatoms. The summed E-state index contributed by atoms with van der Waals surface area (Å²) >= 11 is 11.8. The summed E-state index contributed by atoms with van der Waals surface area (Å²) in [5.74, 6) is -2.12. The number of rotatable bonds is 10. The fourth-order valence-electron chi connectivity index (χ4n) is 3.80. The minimum atomic E-state index is -5.22. The lowest BCUT2D eigenvalue weighted by Gasteiger charge is -2.14. The monoisotopic (exact) mass is 756 g/mol. The third-order valence-corrected chi connectivity index (χ3v) is 9.63. The second-order valence-electron chi connectivity index (χ2n) is 8.70. The molecule has 0 aliphatic heterocycles. The van der Waals surface area contributed by atoms with E-state index in [1.165, 1.54) is 12.1 Å². The van der Waals surface area contributed by atoms with Crippen molar-refractivity contribution in [3.8, 4) is 11.5 Å². The molecule has 0 bridgehead atoms. The Labute approximate surface area is 270 Å². The molecule has 0 saturated carbocycles. The first kappa shape index (κ1) is 35.8. The van der Waals surface area contributed by atoms with E-state index in [0.29, 0.717) is 0 Å². The van der Waals surface area contributed by atoms with Gasteiger partial charge in [0.2, 0.25) is 0 Å². The highest BCUT2D eigenvalue weighted by Crippen LogP contribution is 2.51. The van der Waals surface area contributed by atoms with E-state index in [2.05, 4.69) is 29.8 Å². The molecule has 0 heterocycles. The molecule has 0 unspecified atom stereocenters. The number of fused-ring (bicyclic) bond motifs is 1. The van der Waals surface area contributed by atoms with Crippen molar-refractivity contribution in [1.82, 2.24) is 0 Å². The largest absolute Gasteiger partial charge is 0.505 e. The van der Waals surface area contributed by atoms with Gasteiger partial charge in [0, 0.05) is 10.0 Å². The lowest BCUT2D eigenvalue weighted by atomic mass is 10.1. The summed E-state index contributed by atoms with van der Waals surface area (Å²) in [5, 5.41) is 46.8. The molecule has 244 valence electrons. The molecule has 0 saturated heterocycles. The van der Waals surface area contributed by atoms with Crippen molar-refractivity contribution in [2.75, 3.05) is 0 Å². The van der Waals surface area contributed by atoms with Gasteiger partial charge in [-0.2, -0.15) is 8.42 Å².